The van der Waals surface area contributed by atoms with E-state index in [-0.39, 0.29) is 18.2 Å². The van der Waals surface area contributed by atoms with E-state index >= 15 is 0 Å². The van der Waals surface area contributed by atoms with E-state index in [1.165, 1.54) is 5.56 Å². The molecule has 178 valence electrons. The van der Waals surface area contributed by atoms with Crippen LogP contribution in [0.25, 0.3) is 0 Å². The fourth-order valence-corrected chi connectivity index (χ4v) is 5.41. The predicted molar refractivity (Wildman–Crippen MR) is 133 cm³/mol. The fraction of sp³-hybridized carbons (Fsp3) is 0.308. The Morgan fingerprint density at radius 1 is 1.00 bits per heavy atom. The highest BCUT2D eigenvalue weighted by atomic mass is 35.5. The lowest BCUT2D eigenvalue weighted by atomic mass is 9.86. The van der Waals surface area contributed by atoms with E-state index in [4.69, 9.17) is 14.3 Å². The summed E-state index contributed by atoms with van der Waals surface area (Å²) in [5, 5.41) is 4.35. The second-order valence-electron chi connectivity index (χ2n) is 8.22. The minimum atomic E-state index is -0.492. The summed E-state index contributed by atoms with van der Waals surface area (Å²) in [5.41, 5.74) is 3.65. The first-order valence-corrected chi connectivity index (χ1v) is 11.9. The minimum Gasteiger partial charge on any atom is -0.381 e. The van der Waals surface area contributed by atoms with Crippen LogP contribution >= 0.6 is 24.2 Å². The molecule has 0 saturated carbocycles. The van der Waals surface area contributed by atoms with E-state index in [1.807, 2.05) is 6.07 Å². The van der Waals surface area contributed by atoms with E-state index in [2.05, 4.69) is 28.3 Å². The summed E-state index contributed by atoms with van der Waals surface area (Å²) in [6.45, 7) is 1.23. The van der Waals surface area contributed by atoms with Gasteiger partial charge in [-0.05, 0) is 54.3 Å². The largest absolute Gasteiger partial charge is 0.381 e. The van der Waals surface area contributed by atoms with E-state index in [9.17, 15) is 4.39 Å². The van der Waals surface area contributed by atoms with Crippen molar-refractivity contribution in [3.8, 4) is 5.75 Å². The van der Waals surface area contributed by atoms with Gasteiger partial charge in [-0.2, -0.15) is 0 Å². The Morgan fingerprint density at radius 3 is 2.56 bits per heavy atom. The van der Waals surface area contributed by atoms with E-state index < -0.39 is 5.60 Å². The number of oxime groups is 1. The highest BCUT2D eigenvalue weighted by Gasteiger charge is 2.35. The van der Waals surface area contributed by atoms with Crippen LogP contribution in [0.1, 0.15) is 36.0 Å². The number of nitrogens with zero attached hydrogens (tertiary/aromatic N) is 2. The van der Waals surface area contributed by atoms with Crippen molar-refractivity contribution in [1.82, 2.24) is 4.98 Å². The second-order valence-corrected chi connectivity index (χ2v) is 9.37. The topological polar surface area (TPSA) is 52.9 Å². The number of aromatic nitrogens is 1. The smallest absolute Gasteiger partial charge is 0.161 e. The Balaban J connectivity index is 0.00000274. The lowest BCUT2D eigenvalue weighted by molar-refractivity contribution is -0.0950. The average molecular weight is 501 g/mol. The Kier molecular flexibility index (Phi) is 7.88. The van der Waals surface area contributed by atoms with Crippen molar-refractivity contribution in [2.24, 2.45) is 5.16 Å². The Labute approximate surface area is 209 Å². The molecule has 5 nitrogen and oxygen atoms in total. The van der Waals surface area contributed by atoms with Crippen molar-refractivity contribution >= 4 is 29.9 Å². The summed E-state index contributed by atoms with van der Waals surface area (Å²) in [7, 11) is 1.70. The third-order valence-corrected chi connectivity index (χ3v) is 7.22. The third-order valence-electron chi connectivity index (χ3n) is 6.25. The summed E-state index contributed by atoms with van der Waals surface area (Å²) in [6, 6.07) is 15.1. The van der Waals surface area contributed by atoms with Gasteiger partial charge in [-0.3, -0.25) is 4.98 Å². The van der Waals surface area contributed by atoms with Crippen LogP contribution in [0, 0.1) is 5.82 Å². The first kappa shape index (κ1) is 24.7. The third kappa shape index (κ3) is 5.28. The number of halogens is 2. The van der Waals surface area contributed by atoms with Gasteiger partial charge >= 0.3 is 0 Å². The maximum atomic E-state index is 14.6. The molecule has 0 amide bonds. The molecule has 1 fully saturated rings. The first-order valence-electron chi connectivity index (χ1n) is 11.0. The van der Waals surface area contributed by atoms with Gasteiger partial charge < -0.3 is 14.3 Å². The normalized spacial score (nSPS) is 17.8. The highest BCUT2D eigenvalue weighted by Crippen LogP contribution is 2.39. The molecule has 2 aliphatic rings. The van der Waals surface area contributed by atoms with Crippen LogP contribution in [-0.2, 0) is 21.5 Å². The van der Waals surface area contributed by atoms with Gasteiger partial charge in [0, 0.05) is 73.0 Å². The number of ether oxygens (including phenoxy) is 2. The summed E-state index contributed by atoms with van der Waals surface area (Å²) in [4.78, 5) is 11.5. The summed E-state index contributed by atoms with van der Waals surface area (Å²) in [5.74, 6) is 0.417. The van der Waals surface area contributed by atoms with Crippen molar-refractivity contribution < 1.29 is 18.7 Å². The zero-order valence-corrected chi connectivity index (χ0v) is 20.5. The molecule has 5 rings (SSSR count). The lowest BCUT2D eigenvalue weighted by Crippen LogP contribution is -2.35. The molecule has 34 heavy (non-hydrogen) atoms. The molecule has 1 aromatic heterocycles. The van der Waals surface area contributed by atoms with Crippen LogP contribution in [0.4, 0.5) is 4.39 Å². The van der Waals surface area contributed by atoms with Gasteiger partial charge in [0.1, 0.15) is 5.82 Å². The molecule has 0 radical (unpaired) electrons. The van der Waals surface area contributed by atoms with Crippen molar-refractivity contribution in [2.45, 2.75) is 41.1 Å². The van der Waals surface area contributed by atoms with E-state index in [0.717, 1.165) is 52.3 Å². The zero-order valence-electron chi connectivity index (χ0n) is 18.8. The molecule has 0 spiro atoms. The van der Waals surface area contributed by atoms with Crippen molar-refractivity contribution in [2.75, 3.05) is 20.3 Å². The van der Waals surface area contributed by atoms with Crippen LogP contribution in [0.2, 0.25) is 0 Å². The Hall–Kier alpha value is -2.45. The Bertz CT molecular complexity index is 1170. The van der Waals surface area contributed by atoms with Gasteiger partial charge in [0.05, 0.1) is 11.3 Å². The Morgan fingerprint density at radius 2 is 1.79 bits per heavy atom. The number of rotatable bonds is 6. The van der Waals surface area contributed by atoms with Gasteiger partial charge in [-0.25, -0.2) is 4.39 Å². The zero-order chi connectivity index (χ0) is 22.7. The summed E-state index contributed by atoms with van der Waals surface area (Å²) < 4.78 is 25.9. The van der Waals surface area contributed by atoms with Gasteiger partial charge in [0.2, 0.25) is 0 Å². The summed E-state index contributed by atoms with van der Waals surface area (Å²) >= 11 is 1.56. The standard InChI is InChI=1S/C26H25FN2O3S.ClH/c1-30-26(8-12-31-13-9-26)19-15-20(27)17-23(16-19)33-22-3-4-24-18(14-22)2-5-25(24)29-32-21-6-10-28-11-7-21;/h3-4,6-7,10-11,14-17H,2,5,8-9,12-13H2,1H3;1H/b29-25+;. The van der Waals surface area contributed by atoms with Crippen LogP contribution in [0.5, 0.6) is 5.75 Å². The van der Waals surface area contributed by atoms with Gasteiger partial charge in [-0.1, -0.05) is 23.0 Å². The fourth-order valence-electron chi connectivity index (χ4n) is 4.44. The number of aryl methyl sites for hydroxylation is 1. The molecule has 1 aliphatic carbocycles. The molecule has 2 heterocycles. The maximum absolute atomic E-state index is 14.6. The highest BCUT2D eigenvalue weighted by molar-refractivity contribution is 7.99. The minimum absolute atomic E-state index is 0. The number of hydrogen-bond acceptors (Lipinski definition) is 6. The molecule has 2 aromatic carbocycles. The molecule has 1 aliphatic heterocycles. The summed E-state index contributed by atoms with van der Waals surface area (Å²) in [6.07, 6.45) is 6.53. The van der Waals surface area contributed by atoms with E-state index in [0.29, 0.717) is 19.0 Å². The lowest BCUT2D eigenvalue weighted by Gasteiger charge is -2.36. The predicted octanol–water partition coefficient (Wildman–Crippen LogP) is 6.18. The maximum Gasteiger partial charge on any atom is 0.161 e. The number of hydrogen-bond donors (Lipinski definition) is 0. The van der Waals surface area contributed by atoms with Crippen molar-refractivity contribution in [1.29, 1.82) is 0 Å². The molecule has 0 N–H and O–H groups in total. The first-order chi connectivity index (χ1) is 16.1. The van der Waals surface area contributed by atoms with Gasteiger partial charge in [0.15, 0.2) is 5.75 Å². The van der Waals surface area contributed by atoms with Crippen LogP contribution in [0.15, 0.2) is 75.9 Å². The number of methoxy groups -OCH3 is 1. The van der Waals surface area contributed by atoms with Gasteiger partial charge in [0.25, 0.3) is 0 Å². The molecule has 0 unspecified atom stereocenters. The van der Waals surface area contributed by atoms with Gasteiger partial charge in [-0.15, -0.1) is 12.4 Å². The van der Waals surface area contributed by atoms with E-state index in [1.54, 1.807) is 55.5 Å². The molecule has 1 saturated heterocycles. The number of benzene rings is 2. The van der Waals surface area contributed by atoms with Crippen LogP contribution in [-0.4, -0.2) is 31.0 Å². The van der Waals surface area contributed by atoms with Crippen molar-refractivity contribution in [3.63, 3.8) is 0 Å². The van der Waals surface area contributed by atoms with Crippen LogP contribution < -0.4 is 4.84 Å². The molecule has 0 bridgehead atoms. The molecular weight excluding hydrogens is 475 g/mol. The molecule has 8 heteroatoms. The van der Waals surface area contributed by atoms with Crippen molar-refractivity contribution in [3.05, 3.63) is 83.4 Å². The monoisotopic (exact) mass is 500 g/mol. The number of pyridine rings is 1. The average Bonchev–Trinajstić information content (AvgIpc) is 3.25. The molecular formula is C26H26ClFN2O3S. The second kappa shape index (κ2) is 10.9. The van der Waals surface area contributed by atoms with Crippen LogP contribution in [0.3, 0.4) is 0 Å². The molecule has 0 atom stereocenters. The molecule has 3 aromatic rings. The number of fused-ring (bicyclic) bond motifs is 1. The quantitative estimate of drug-likeness (QED) is 0.378. The SMILES string of the molecule is COC1(c2cc(F)cc(Sc3ccc4c(c3)CC/C4=N\Oc3ccncc3)c2)CCOCC1.Cl.